The maximum absolute atomic E-state index is 10.4. The Hall–Kier alpha value is -1.65. The highest BCUT2D eigenvalue weighted by Crippen LogP contribution is 2.23. The first-order chi connectivity index (χ1) is 10.2. The summed E-state index contributed by atoms with van der Waals surface area (Å²) in [6.45, 7) is 4.74. The van der Waals surface area contributed by atoms with Crippen LogP contribution in [0.2, 0.25) is 0 Å². The van der Waals surface area contributed by atoms with Crippen LogP contribution >= 0.6 is 0 Å². The Labute approximate surface area is 126 Å². The van der Waals surface area contributed by atoms with Crippen molar-refractivity contribution in [2.24, 2.45) is 0 Å². The van der Waals surface area contributed by atoms with Gasteiger partial charge in [-0.2, -0.15) is 5.10 Å². The first-order valence-electron chi connectivity index (χ1n) is 7.68. The number of likely N-dealkylation sites (tertiary alicyclic amines) is 1. The van der Waals surface area contributed by atoms with Crippen molar-refractivity contribution in [3.8, 4) is 0 Å². The minimum absolute atomic E-state index is 0.411. The van der Waals surface area contributed by atoms with Crippen LogP contribution in [0.3, 0.4) is 0 Å². The second-order valence-electron chi connectivity index (χ2n) is 5.96. The lowest BCUT2D eigenvalue weighted by molar-refractivity contribution is 0.100. The maximum atomic E-state index is 10.4. The summed E-state index contributed by atoms with van der Waals surface area (Å²) in [6, 6.07) is 10.4. The number of hydrogen-bond donors (Lipinski definition) is 1. The minimum atomic E-state index is -0.411. The number of rotatable bonds is 5. The topological polar surface area (TPSA) is 41.3 Å². The van der Waals surface area contributed by atoms with Crippen molar-refractivity contribution in [1.82, 2.24) is 14.7 Å². The predicted molar refractivity (Wildman–Crippen MR) is 83.0 cm³/mol. The van der Waals surface area contributed by atoms with E-state index in [1.54, 1.807) is 0 Å². The molecular formula is C17H23N3O. The van der Waals surface area contributed by atoms with Crippen molar-refractivity contribution in [3.05, 3.63) is 53.9 Å². The lowest BCUT2D eigenvalue weighted by Crippen LogP contribution is -2.36. The molecular weight excluding hydrogens is 262 g/mol. The number of nitrogens with zero attached hydrogens (tertiary/aromatic N) is 3. The summed E-state index contributed by atoms with van der Waals surface area (Å²) in [6.07, 6.45) is 5.96. The average molecular weight is 285 g/mol. The zero-order valence-corrected chi connectivity index (χ0v) is 12.5. The number of aliphatic hydroxyl groups excluding tert-OH is 1. The van der Waals surface area contributed by atoms with Crippen molar-refractivity contribution < 1.29 is 5.11 Å². The normalized spacial score (nSPS) is 20.8. The molecule has 2 aromatic rings. The Bertz CT molecular complexity index is 566. The van der Waals surface area contributed by atoms with E-state index in [9.17, 15) is 5.11 Å². The molecule has 1 aromatic heterocycles. The average Bonchev–Trinajstić information content (AvgIpc) is 3.10. The number of aryl methyl sites for hydroxylation is 1. The Morgan fingerprint density at radius 2 is 2.14 bits per heavy atom. The van der Waals surface area contributed by atoms with E-state index in [1.165, 1.54) is 18.4 Å². The number of β-amino-alcohol motifs (C(OH)–C–C–N with tert-alkyl or cyclic N) is 1. The van der Waals surface area contributed by atoms with Gasteiger partial charge in [-0.25, -0.2) is 0 Å². The van der Waals surface area contributed by atoms with Crippen molar-refractivity contribution in [1.29, 1.82) is 0 Å². The molecule has 1 aliphatic heterocycles. The third-order valence-electron chi connectivity index (χ3n) is 4.25. The summed E-state index contributed by atoms with van der Waals surface area (Å²) in [4.78, 5) is 2.40. The number of hydrogen-bond acceptors (Lipinski definition) is 3. The molecule has 0 bridgehead atoms. The van der Waals surface area contributed by atoms with Gasteiger partial charge in [0, 0.05) is 18.8 Å². The fourth-order valence-corrected chi connectivity index (χ4v) is 3.13. The molecule has 2 heterocycles. The highest BCUT2D eigenvalue weighted by Gasteiger charge is 2.27. The van der Waals surface area contributed by atoms with Gasteiger partial charge in [0.25, 0.3) is 0 Å². The molecule has 21 heavy (non-hydrogen) atoms. The highest BCUT2D eigenvalue weighted by atomic mass is 16.3. The quantitative estimate of drug-likeness (QED) is 0.917. The van der Waals surface area contributed by atoms with E-state index in [0.717, 1.165) is 18.7 Å². The van der Waals surface area contributed by atoms with E-state index >= 15 is 0 Å². The third kappa shape index (κ3) is 3.52. The van der Waals surface area contributed by atoms with Gasteiger partial charge in [-0.05, 0) is 37.4 Å². The van der Waals surface area contributed by atoms with Gasteiger partial charge >= 0.3 is 0 Å². The largest absolute Gasteiger partial charge is 0.387 e. The molecule has 4 nitrogen and oxygen atoms in total. The summed E-state index contributed by atoms with van der Waals surface area (Å²) < 4.78 is 2.02. The molecule has 0 aliphatic carbocycles. The van der Waals surface area contributed by atoms with Crippen LogP contribution in [0.15, 0.2) is 42.7 Å². The first-order valence-corrected chi connectivity index (χ1v) is 7.68. The van der Waals surface area contributed by atoms with E-state index in [0.29, 0.717) is 12.6 Å². The van der Waals surface area contributed by atoms with Crippen molar-refractivity contribution in [3.63, 3.8) is 0 Å². The summed E-state index contributed by atoms with van der Waals surface area (Å²) in [5.41, 5.74) is 2.20. The number of aliphatic hydroxyl groups is 1. The van der Waals surface area contributed by atoms with Crippen LogP contribution < -0.4 is 0 Å². The predicted octanol–water partition coefficient (Wildman–Crippen LogP) is 2.39. The molecule has 2 unspecified atom stereocenters. The summed E-state index contributed by atoms with van der Waals surface area (Å²) in [5.74, 6) is 0. The highest BCUT2D eigenvalue weighted by molar-refractivity contribution is 5.17. The second kappa shape index (κ2) is 6.41. The molecule has 2 atom stereocenters. The summed E-state index contributed by atoms with van der Waals surface area (Å²) in [5, 5.41) is 14.8. The number of benzene rings is 1. The molecule has 0 spiro atoms. The fraction of sp³-hybridized carbons (Fsp3) is 0.471. The minimum Gasteiger partial charge on any atom is -0.387 e. The zero-order valence-electron chi connectivity index (χ0n) is 12.5. The molecule has 4 heteroatoms. The van der Waals surface area contributed by atoms with Crippen molar-refractivity contribution >= 4 is 0 Å². The standard InChI is InChI=1S/C17H23N3O/c1-14-10-18-20(11-14)12-16-8-5-9-19(16)13-17(21)15-6-3-2-4-7-15/h2-4,6-7,10-11,16-17,21H,5,8-9,12-13H2,1H3. The van der Waals surface area contributed by atoms with Gasteiger partial charge in [-0.3, -0.25) is 9.58 Å². The fourth-order valence-electron chi connectivity index (χ4n) is 3.13. The van der Waals surface area contributed by atoms with Gasteiger partial charge in [0.2, 0.25) is 0 Å². The molecule has 1 N–H and O–H groups in total. The lowest BCUT2D eigenvalue weighted by atomic mass is 10.1. The molecule has 112 valence electrons. The zero-order chi connectivity index (χ0) is 14.7. The van der Waals surface area contributed by atoms with Gasteiger partial charge in [0.05, 0.1) is 18.8 Å². The van der Waals surface area contributed by atoms with Crippen molar-refractivity contribution in [2.75, 3.05) is 13.1 Å². The van der Waals surface area contributed by atoms with Crippen LogP contribution in [0.25, 0.3) is 0 Å². The first kappa shape index (κ1) is 14.3. The Balaban J connectivity index is 1.61. The van der Waals surface area contributed by atoms with E-state index in [1.807, 2.05) is 41.2 Å². The lowest BCUT2D eigenvalue weighted by Gasteiger charge is -2.27. The molecule has 3 rings (SSSR count). The van der Waals surface area contributed by atoms with E-state index in [4.69, 9.17) is 0 Å². The Morgan fingerprint density at radius 3 is 2.86 bits per heavy atom. The molecule has 1 saturated heterocycles. The van der Waals surface area contributed by atoms with Crippen LogP contribution in [-0.4, -0.2) is 38.9 Å². The molecule has 0 saturated carbocycles. The molecule has 0 amide bonds. The van der Waals surface area contributed by atoms with Crippen LogP contribution in [-0.2, 0) is 6.54 Å². The molecule has 1 aromatic carbocycles. The van der Waals surface area contributed by atoms with E-state index in [2.05, 4.69) is 23.1 Å². The molecule has 1 aliphatic rings. The smallest absolute Gasteiger partial charge is 0.0917 e. The molecule has 0 radical (unpaired) electrons. The summed E-state index contributed by atoms with van der Waals surface area (Å²) >= 11 is 0. The van der Waals surface area contributed by atoms with Crippen molar-refractivity contribution in [2.45, 2.75) is 38.5 Å². The molecule has 1 fully saturated rings. The van der Waals surface area contributed by atoms with Gasteiger partial charge in [-0.1, -0.05) is 30.3 Å². The SMILES string of the molecule is Cc1cnn(CC2CCCN2CC(O)c2ccccc2)c1. The second-order valence-corrected chi connectivity index (χ2v) is 5.96. The Kier molecular flexibility index (Phi) is 4.36. The van der Waals surface area contributed by atoms with Gasteiger partial charge < -0.3 is 5.11 Å². The van der Waals surface area contributed by atoms with Gasteiger partial charge in [-0.15, -0.1) is 0 Å². The Morgan fingerprint density at radius 1 is 1.33 bits per heavy atom. The van der Waals surface area contributed by atoms with Crippen LogP contribution in [0.1, 0.15) is 30.1 Å². The monoisotopic (exact) mass is 285 g/mol. The van der Waals surface area contributed by atoms with E-state index < -0.39 is 6.10 Å². The third-order valence-corrected chi connectivity index (χ3v) is 4.25. The number of aromatic nitrogens is 2. The van der Waals surface area contributed by atoms with Gasteiger partial charge in [0.15, 0.2) is 0 Å². The summed E-state index contributed by atoms with van der Waals surface area (Å²) in [7, 11) is 0. The van der Waals surface area contributed by atoms with Crippen LogP contribution in [0.4, 0.5) is 0 Å². The van der Waals surface area contributed by atoms with E-state index in [-0.39, 0.29) is 0 Å². The van der Waals surface area contributed by atoms with Crippen LogP contribution in [0.5, 0.6) is 0 Å². The van der Waals surface area contributed by atoms with Gasteiger partial charge in [0.1, 0.15) is 0 Å². The van der Waals surface area contributed by atoms with Crippen LogP contribution in [0, 0.1) is 6.92 Å². The maximum Gasteiger partial charge on any atom is 0.0917 e.